The Morgan fingerprint density at radius 3 is 2.68 bits per heavy atom. The molecule has 1 amide bonds. The summed E-state index contributed by atoms with van der Waals surface area (Å²) in [5.41, 5.74) is 4.02. The van der Waals surface area contributed by atoms with E-state index in [0.717, 1.165) is 24.8 Å². The maximum absolute atomic E-state index is 12.1. The van der Waals surface area contributed by atoms with Crippen molar-refractivity contribution in [1.29, 1.82) is 5.26 Å². The predicted molar refractivity (Wildman–Crippen MR) is 107 cm³/mol. The van der Waals surface area contributed by atoms with Gasteiger partial charge in [0.25, 0.3) is 5.91 Å². The summed E-state index contributed by atoms with van der Waals surface area (Å²) >= 11 is 0. The fourth-order valence-electron chi connectivity index (χ4n) is 3.35. The molecule has 0 aromatic heterocycles. The first-order valence-corrected chi connectivity index (χ1v) is 9.99. The highest BCUT2D eigenvalue weighted by molar-refractivity contribution is 5.97. The van der Waals surface area contributed by atoms with Crippen molar-refractivity contribution < 1.29 is 14.7 Å². The molecule has 0 bridgehead atoms. The van der Waals surface area contributed by atoms with Crippen LogP contribution in [0.15, 0.2) is 30.0 Å². The number of carboxylic acids is 1. The predicted octanol–water partition coefficient (Wildman–Crippen LogP) is 3.38. The normalized spacial score (nSPS) is 14.5. The van der Waals surface area contributed by atoms with Crippen molar-refractivity contribution in [1.82, 2.24) is 10.6 Å². The molecular formula is C22H29N3O3. The molecule has 1 aromatic carbocycles. The minimum atomic E-state index is -0.808. The van der Waals surface area contributed by atoms with Gasteiger partial charge in [-0.2, -0.15) is 5.26 Å². The number of carbonyl (C=O) groups is 2. The van der Waals surface area contributed by atoms with Gasteiger partial charge in [-0.3, -0.25) is 9.59 Å². The van der Waals surface area contributed by atoms with Crippen LogP contribution in [0.4, 0.5) is 0 Å². The average Bonchev–Trinajstić information content (AvgIpc) is 2.70. The molecule has 0 spiro atoms. The Morgan fingerprint density at radius 1 is 1.21 bits per heavy atom. The lowest BCUT2D eigenvalue weighted by molar-refractivity contribution is -0.137. The van der Waals surface area contributed by atoms with Crippen molar-refractivity contribution in [3.8, 4) is 6.07 Å². The monoisotopic (exact) mass is 383 g/mol. The topological polar surface area (TPSA) is 102 Å². The Morgan fingerprint density at radius 2 is 1.96 bits per heavy atom. The van der Waals surface area contributed by atoms with Gasteiger partial charge < -0.3 is 15.7 Å². The van der Waals surface area contributed by atoms with Crippen LogP contribution in [0.1, 0.15) is 68.2 Å². The maximum atomic E-state index is 12.1. The molecule has 0 aliphatic heterocycles. The van der Waals surface area contributed by atoms with E-state index in [-0.39, 0.29) is 18.0 Å². The van der Waals surface area contributed by atoms with Crippen molar-refractivity contribution in [2.45, 2.75) is 64.3 Å². The number of nitrogens with zero attached hydrogens (tertiary/aromatic N) is 1. The van der Waals surface area contributed by atoms with E-state index in [1.54, 1.807) is 0 Å². The molecule has 6 heteroatoms. The zero-order chi connectivity index (χ0) is 20.4. The Kier molecular flexibility index (Phi) is 8.54. The molecule has 1 aliphatic rings. The summed E-state index contributed by atoms with van der Waals surface area (Å²) in [6, 6.07) is 8.46. The number of carbonyl (C=O) groups excluding carboxylic acids is 1. The van der Waals surface area contributed by atoms with Crippen LogP contribution in [0.5, 0.6) is 0 Å². The van der Waals surface area contributed by atoms with E-state index in [2.05, 4.69) is 28.8 Å². The van der Waals surface area contributed by atoms with Crippen molar-refractivity contribution in [2.24, 2.45) is 0 Å². The first-order valence-electron chi connectivity index (χ1n) is 9.99. The number of nitriles is 1. The second-order valence-electron chi connectivity index (χ2n) is 7.25. The molecule has 1 atom stereocenters. The van der Waals surface area contributed by atoms with Crippen LogP contribution in [0.3, 0.4) is 0 Å². The number of rotatable bonds is 10. The van der Waals surface area contributed by atoms with Crippen LogP contribution >= 0.6 is 0 Å². The van der Waals surface area contributed by atoms with Crippen LogP contribution < -0.4 is 10.6 Å². The molecule has 1 aliphatic carbocycles. The van der Waals surface area contributed by atoms with E-state index in [1.807, 2.05) is 13.0 Å². The Bertz CT molecular complexity index is 765. The summed E-state index contributed by atoms with van der Waals surface area (Å²) in [6.07, 6.45) is 8.37. The molecule has 0 heterocycles. The Hall–Kier alpha value is -2.81. The summed E-state index contributed by atoms with van der Waals surface area (Å²) in [5.74, 6) is -1.22. The largest absolute Gasteiger partial charge is 0.481 e. The minimum Gasteiger partial charge on any atom is -0.481 e. The Balaban J connectivity index is 1.82. The minimum absolute atomic E-state index is 0.000560. The van der Waals surface area contributed by atoms with Crippen molar-refractivity contribution in [2.75, 3.05) is 6.54 Å². The van der Waals surface area contributed by atoms with Gasteiger partial charge in [0.2, 0.25) is 0 Å². The number of unbranched alkanes of at least 4 members (excludes halogenated alkanes) is 2. The van der Waals surface area contributed by atoms with Crippen LogP contribution in [0.2, 0.25) is 0 Å². The summed E-state index contributed by atoms with van der Waals surface area (Å²) in [5, 5.41) is 23.7. The van der Waals surface area contributed by atoms with Gasteiger partial charge in [0.1, 0.15) is 11.6 Å². The first kappa shape index (κ1) is 21.5. The number of fused-ring (bicyclic) bond motifs is 1. The standard InChI is InChI=1S/C22H29N3O3/c1-16(18-11-10-17-7-4-5-8-19(17)13-18)25-15-20(14-23)22(28)24-12-6-2-3-9-21(26)27/h10-11,13,15-16,25H,2-9,12H2,1H3,(H,24,28)(H,26,27)/b20-15-. The number of hydrogen-bond acceptors (Lipinski definition) is 4. The third kappa shape index (κ3) is 6.73. The van der Waals surface area contributed by atoms with Gasteiger partial charge in [0.05, 0.1) is 0 Å². The van der Waals surface area contributed by atoms with Crippen molar-refractivity contribution >= 4 is 11.9 Å². The van der Waals surface area contributed by atoms with Crippen molar-refractivity contribution in [3.63, 3.8) is 0 Å². The molecule has 0 saturated heterocycles. The lowest BCUT2D eigenvalue weighted by atomic mass is 9.89. The highest BCUT2D eigenvalue weighted by Crippen LogP contribution is 2.24. The maximum Gasteiger partial charge on any atom is 0.303 e. The zero-order valence-corrected chi connectivity index (χ0v) is 16.5. The van der Waals surface area contributed by atoms with Crippen LogP contribution in [0, 0.1) is 11.3 Å². The second kappa shape index (κ2) is 11.1. The van der Waals surface area contributed by atoms with Crippen LogP contribution in [0.25, 0.3) is 0 Å². The van der Waals surface area contributed by atoms with Gasteiger partial charge in [-0.1, -0.05) is 24.6 Å². The van der Waals surface area contributed by atoms with E-state index in [0.29, 0.717) is 19.4 Å². The molecule has 0 fully saturated rings. The lowest BCUT2D eigenvalue weighted by Crippen LogP contribution is -2.27. The van der Waals surface area contributed by atoms with E-state index in [1.165, 1.54) is 30.2 Å². The van der Waals surface area contributed by atoms with E-state index in [9.17, 15) is 14.9 Å². The molecule has 3 N–H and O–H groups in total. The van der Waals surface area contributed by atoms with Gasteiger partial charge in [-0.25, -0.2) is 0 Å². The van der Waals surface area contributed by atoms with Crippen LogP contribution in [-0.4, -0.2) is 23.5 Å². The highest BCUT2D eigenvalue weighted by atomic mass is 16.4. The number of nitrogens with one attached hydrogen (secondary N) is 2. The quantitative estimate of drug-likeness (QED) is 0.326. The third-order valence-corrected chi connectivity index (χ3v) is 5.07. The number of aryl methyl sites for hydroxylation is 2. The second-order valence-corrected chi connectivity index (χ2v) is 7.25. The lowest BCUT2D eigenvalue weighted by Gasteiger charge is -2.19. The Labute approximate surface area is 166 Å². The smallest absolute Gasteiger partial charge is 0.303 e. The average molecular weight is 383 g/mol. The zero-order valence-electron chi connectivity index (χ0n) is 16.5. The first-order chi connectivity index (χ1) is 13.5. The summed E-state index contributed by atoms with van der Waals surface area (Å²) in [4.78, 5) is 22.6. The van der Waals surface area contributed by atoms with E-state index < -0.39 is 11.9 Å². The summed E-state index contributed by atoms with van der Waals surface area (Å²) in [7, 11) is 0. The number of benzene rings is 1. The molecular weight excluding hydrogens is 354 g/mol. The molecule has 0 radical (unpaired) electrons. The molecule has 6 nitrogen and oxygen atoms in total. The number of carboxylic acid groups (broad SMARTS) is 1. The number of hydrogen-bond donors (Lipinski definition) is 3. The van der Waals surface area contributed by atoms with Crippen LogP contribution in [-0.2, 0) is 22.4 Å². The summed E-state index contributed by atoms with van der Waals surface area (Å²) in [6.45, 7) is 2.44. The van der Waals surface area contributed by atoms with Crippen molar-refractivity contribution in [3.05, 3.63) is 46.7 Å². The highest BCUT2D eigenvalue weighted by Gasteiger charge is 2.13. The number of amides is 1. The SMILES string of the molecule is CC(N/C=C(/C#N)C(=O)NCCCCCC(=O)O)c1ccc2c(c1)CCCC2. The molecule has 1 unspecified atom stereocenters. The van der Waals surface area contributed by atoms with E-state index >= 15 is 0 Å². The fourth-order valence-corrected chi connectivity index (χ4v) is 3.35. The van der Waals surface area contributed by atoms with Gasteiger partial charge in [0.15, 0.2) is 0 Å². The van der Waals surface area contributed by atoms with E-state index in [4.69, 9.17) is 5.11 Å². The number of aliphatic carboxylic acids is 1. The molecule has 28 heavy (non-hydrogen) atoms. The molecule has 1 aromatic rings. The van der Waals surface area contributed by atoms with Gasteiger partial charge >= 0.3 is 5.97 Å². The van der Waals surface area contributed by atoms with Gasteiger partial charge in [-0.15, -0.1) is 0 Å². The van der Waals surface area contributed by atoms with Gasteiger partial charge in [-0.05, 0) is 62.1 Å². The fraction of sp³-hybridized carbons (Fsp3) is 0.500. The molecule has 2 rings (SSSR count). The third-order valence-electron chi connectivity index (χ3n) is 5.07. The molecule has 0 saturated carbocycles. The van der Waals surface area contributed by atoms with Gasteiger partial charge in [0, 0.05) is 25.2 Å². The summed E-state index contributed by atoms with van der Waals surface area (Å²) < 4.78 is 0. The molecule has 150 valence electrons.